The molecule has 180 valence electrons. The maximum absolute atomic E-state index is 13.4. The fraction of sp³-hybridized carbons (Fsp3) is 0.214. The summed E-state index contributed by atoms with van der Waals surface area (Å²) in [6.07, 6.45) is 0. The normalized spacial score (nSPS) is 11.0. The van der Waals surface area contributed by atoms with Crippen molar-refractivity contribution in [2.45, 2.75) is 13.8 Å². The molecule has 1 aromatic heterocycles. The highest BCUT2D eigenvalue weighted by atomic mass is 19.1. The topological polar surface area (TPSA) is 80.6 Å². The van der Waals surface area contributed by atoms with Crippen LogP contribution < -0.4 is 15.4 Å². The van der Waals surface area contributed by atoms with Crippen LogP contribution in [0.1, 0.15) is 34.6 Å². The van der Waals surface area contributed by atoms with Gasteiger partial charge in [-0.05, 0) is 65.6 Å². The summed E-state index contributed by atoms with van der Waals surface area (Å²) in [6, 6.07) is 16.7. The van der Waals surface area contributed by atoms with Gasteiger partial charge in [-0.2, -0.15) is 0 Å². The summed E-state index contributed by atoms with van der Waals surface area (Å²) in [5, 5.41) is 6.19. The Labute approximate surface area is 203 Å². The Hall–Kier alpha value is -4.13. The molecule has 0 radical (unpaired) electrons. The Morgan fingerprint density at radius 3 is 2.26 bits per heavy atom. The third-order valence-electron chi connectivity index (χ3n) is 5.70. The Kier molecular flexibility index (Phi) is 6.87. The zero-order valence-corrected chi connectivity index (χ0v) is 20.1. The summed E-state index contributed by atoms with van der Waals surface area (Å²) in [6.45, 7) is 4.63. The summed E-state index contributed by atoms with van der Waals surface area (Å²) in [7, 11) is 3.07. The van der Waals surface area contributed by atoms with Gasteiger partial charge in [-0.15, -0.1) is 0 Å². The predicted molar refractivity (Wildman–Crippen MR) is 134 cm³/mol. The first-order valence-electron chi connectivity index (χ1n) is 11.3. The number of furan rings is 1. The van der Waals surface area contributed by atoms with Gasteiger partial charge in [-0.3, -0.25) is 9.59 Å². The number of carbonyl (C=O) groups is 2. The Bertz CT molecular complexity index is 1390. The highest BCUT2D eigenvalue weighted by Gasteiger charge is 2.22. The number of ether oxygens (including phenoxy) is 1. The zero-order chi connectivity index (χ0) is 25.1. The minimum atomic E-state index is -0.371. The van der Waals surface area contributed by atoms with E-state index in [1.165, 1.54) is 19.2 Å². The summed E-state index contributed by atoms with van der Waals surface area (Å²) in [5.74, 6) is 0.276. The van der Waals surface area contributed by atoms with E-state index >= 15 is 0 Å². The fourth-order valence-electron chi connectivity index (χ4n) is 3.88. The number of hydrogen-bond donors (Lipinski definition) is 2. The third kappa shape index (κ3) is 4.89. The van der Waals surface area contributed by atoms with E-state index in [4.69, 9.17) is 9.15 Å². The van der Waals surface area contributed by atoms with Gasteiger partial charge < -0.3 is 19.8 Å². The molecule has 4 aromatic rings. The minimum absolute atomic E-state index is 0.196. The van der Waals surface area contributed by atoms with E-state index in [2.05, 4.69) is 10.6 Å². The predicted octanol–water partition coefficient (Wildman–Crippen LogP) is 5.66. The molecule has 35 heavy (non-hydrogen) atoms. The summed E-state index contributed by atoms with van der Waals surface area (Å²) < 4.78 is 25.0. The van der Waals surface area contributed by atoms with Crippen molar-refractivity contribution >= 4 is 22.8 Å². The van der Waals surface area contributed by atoms with E-state index in [1.54, 1.807) is 37.4 Å². The van der Waals surface area contributed by atoms with Crippen LogP contribution in [0.4, 0.5) is 4.39 Å². The van der Waals surface area contributed by atoms with Crippen molar-refractivity contribution in [3.05, 3.63) is 77.6 Å². The summed E-state index contributed by atoms with van der Waals surface area (Å²) in [4.78, 5) is 25.4. The lowest BCUT2D eigenvalue weighted by atomic mass is 9.99. The summed E-state index contributed by atoms with van der Waals surface area (Å²) >= 11 is 0. The number of halogens is 1. The van der Waals surface area contributed by atoms with Crippen LogP contribution in [0.5, 0.6) is 5.75 Å². The average Bonchev–Trinajstić information content (AvgIpc) is 3.25. The Balaban J connectivity index is 1.78. The summed E-state index contributed by atoms with van der Waals surface area (Å²) in [5.41, 5.74) is 3.58. The van der Waals surface area contributed by atoms with Crippen LogP contribution in [-0.2, 0) is 0 Å². The van der Waals surface area contributed by atoms with Crippen molar-refractivity contribution in [2.24, 2.45) is 5.92 Å². The molecule has 0 spiro atoms. The quantitative estimate of drug-likeness (QED) is 0.362. The number of nitrogens with one attached hydrogen (secondary N) is 2. The molecule has 2 N–H and O–H groups in total. The number of amides is 2. The SMILES string of the molecule is CNC(=O)c1c(-c2ccc(F)cc2)oc2ccc(-c3ccc(C(=O)NCC(C)C)c(OC)c3)cc12. The molecule has 0 bridgehead atoms. The molecule has 0 aliphatic rings. The van der Waals surface area contributed by atoms with Gasteiger partial charge in [0.25, 0.3) is 11.8 Å². The van der Waals surface area contributed by atoms with Crippen molar-refractivity contribution in [3.8, 4) is 28.2 Å². The number of hydrogen-bond acceptors (Lipinski definition) is 4. The molecule has 1 heterocycles. The van der Waals surface area contributed by atoms with E-state index in [1.807, 2.05) is 32.0 Å². The number of methoxy groups -OCH3 is 1. The van der Waals surface area contributed by atoms with E-state index in [9.17, 15) is 14.0 Å². The largest absolute Gasteiger partial charge is 0.496 e. The molecule has 4 rings (SSSR count). The third-order valence-corrected chi connectivity index (χ3v) is 5.70. The molecule has 3 aromatic carbocycles. The molecule has 0 saturated heterocycles. The van der Waals surface area contributed by atoms with E-state index in [-0.39, 0.29) is 17.6 Å². The van der Waals surface area contributed by atoms with Crippen LogP contribution in [0.25, 0.3) is 33.4 Å². The monoisotopic (exact) mass is 474 g/mol. The van der Waals surface area contributed by atoms with Crippen LogP contribution in [0.15, 0.2) is 65.1 Å². The number of fused-ring (bicyclic) bond motifs is 1. The van der Waals surface area contributed by atoms with Crippen LogP contribution in [-0.4, -0.2) is 32.5 Å². The standard InChI is InChI=1S/C28H27FN2O4/c1-16(2)15-31-27(32)21-11-7-19(14-24(21)34-4)18-8-12-23-22(13-18)25(28(33)30-3)26(35-23)17-5-9-20(29)10-6-17/h5-14,16H,15H2,1-4H3,(H,30,33)(H,31,32). The van der Waals surface area contributed by atoms with Crippen LogP contribution in [0, 0.1) is 11.7 Å². The molecule has 6 nitrogen and oxygen atoms in total. The molecule has 0 aliphatic heterocycles. The van der Waals surface area contributed by atoms with Gasteiger partial charge in [0.05, 0.1) is 18.2 Å². The zero-order valence-electron chi connectivity index (χ0n) is 20.1. The molecule has 0 unspecified atom stereocenters. The van der Waals surface area contributed by atoms with Crippen molar-refractivity contribution in [1.82, 2.24) is 10.6 Å². The molecule has 7 heteroatoms. The lowest BCUT2D eigenvalue weighted by Crippen LogP contribution is -2.27. The second-order valence-electron chi connectivity index (χ2n) is 8.62. The van der Waals surface area contributed by atoms with Crippen LogP contribution >= 0.6 is 0 Å². The molecule has 0 fully saturated rings. The van der Waals surface area contributed by atoms with Gasteiger partial charge in [-0.25, -0.2) is 4.39 Å². The molecule has 0 atom stereocenters. The van der Waals surface area contributed by atoms with Gasteiger partial charge in [-0.1, -0.05) is 26.0 Å². The maximum Gasteiger partial charge on any atom is 0.255 e. The average molecular weight is 475 g/mol. The number of rotatable bonds is 7. The number of benzene rings is 3. The second kappa shape index (κ2) is 10.0. The van der Waals surface area contributed by atoms with Crippen molar-refractivity contribution < 1.29 is 23.1 Å². The van der Waals surface area contributed by atoms with Gasteiger partial charge in [0, 0.05) is 24.5 Å². The van der Waals surface area contributed by atoms with E-state index in [0.717, 1.165) is 11.1 Å². The first-order valence-corrected chi connectivity index (χ1v) is 11.3. The van der Waals surface area contributed by atoms with Gasteiger partial charge in [0.2, 0.25) is 0 Å². The minimum Gasteiger partial charge on any atom is -0.496 e. The fourth-order valence-corrected chi connectivity index (χ4v) is 3.88. The molecule has 0 saturated carbocycles. The Morgan fingerprint density at radius 1 is 0.943 bits per heavy atom. The van der Waals surface area contributed by atoms with Crippen molar-refractivity contribution in [1.29, 1.82) is 0 Å². The maximum atomic E-state index is 13.4. The highest BCUT2D eigenvalue weighted by Crippen LogP contribution is 2.37. The lowest BCUT2D eigenvalue weighted by Gasteiger charge is -2.12. The van der Waals surface area contributed by atoms with Gasteiger partial charge in [0.15, 0.2) is 0 Å². The smallest absolute Gasteiger partial charge is 0.255 e. The first kappa shape index (κ1) is 24.0. The number of carbonyl (C=O) groups excluding carboxylic acids is 2. The van der Waals surface area contributed by atoms with Gasteiger partial charge in [0.1, 0.15) is 22.9 Å². The lowest BCUT2D eigenvalue weighted by molar-refractivity contribution is 0.0943. The molecule has 2 amide bonds. The molecular weight excluding hydrogens is 447 g/mol. The first-order chi connectivity index (χ1) is 16.8. The molecule has 0 aliphatic carbocycles. The van der Waals surface area contributed by atoms with Crippen LogP contribution in [0.3, 0.4) is 0 Å². The van der Waals surface area contributed by atoms with E-state index < -0.39 is 0 Å². The van der Waals surface area contributed by atoms with Crippen LogP contribution in [0.2, 0.25) is 0 Å². The molecular formula is C28H27FN2O4. The van der Waals surface area contributed by atoms with E-state index in [0.29, 0.717) is 51.6 Å². The van der Waals surface area contributed by atoms with Gasteiger partial charge >= 0.3 is 0 Å². The second-order valence-corrected chi connectivity index (χ2v) is 8.62. The Morgan fingerprint density at radius 2 is 1.60 bits per heavy atom. The van der Waals surface area contributed by atoms with Crippen molar-refractivity contribution in [3.63, 3.8) is 0 Å². The highest BCUT2D eigenvalue weighted by molar-refractivity contribution is 6.11. The van der Waals surface area contributed by atoms with Crippen molar-refractivity contribution in [2.75, 3.05) is 20.7 Å².